The number of pyridine rings is 3. The topological polar surface area (TPSA) is 253 Å². The molecule has 0 aliphatic heterocycles. The molecular formula is C41H38BrN15O2. The van der Waals surface area contributed by atoms with Crippen molar-refractivity contribution in [1.82, 2.24) is 54.1 Å². The van der Waals surface area contributed by atoms with Gasteiger partial charge in [0.25, 0.3) is 0 Å². The first-order chi connectivity index (χ1) is 28.5. The molecule has 0 bridgehead atoms. The molecule has 18 heteroatoms. The fraction of sp³-hybridized carbons (Fsp3) is 0.171. The highest BCUT2D eigenvalue weighted by atomic mass is 79.9. The van der Waals surface area contributed by atoms with Crippen LogP contribution in [0.2, 0.25) is 0 Å². The first-order valence-corrected chi connectivity index (χ1v) is 19.1. The Hall–Kier alpha value is -7.52. The number of rotatable bonds is 8. The van der Waals surface area contributed by atoms with E-state index in [0.29, 0.717) is 59.5 Å². The summed E-state index contributed by atoms with van der Waals surface area (Å²) in [5, 5.41) is 17.1. The van der Waals surface area contributed by atoms with E-state index in [1.807, 2.05) is 93.6 Å². The van der Waals surface area contributed by atoms with Gasteiger partial charge in [-0.2, -0.15) is 44.4 Å². The van der Waals surface area contributed by atoms with Crippen molar-refractivity contribution in [2.45, 2.75) is 46.5 Å². The van der Waals surface area contributed by atoms with Crippen LogP contribution >= 0.6 is 15.9 Å². The predicted molar refractivity (Wildman–Crippen MR) is 224 cm³/mol. The zero-order valence-corrected chi connectivity index (χ0v) is 33.9. The standard InChI is InChI=1S/C17H16N6O.C16H15N7O.C8H7BrN2/c1-10-4-3-5-13(20-10)8-12-9-19-23-15(12)21-17(18)22-16(23)14-7-6-11(2)24-14;1-9-5-6-12(24-9)15-22-16(18)21-14-10(8-19-23(14)15)7-11-3-2-4-13(17)20-11;9-8-5-1-3-7(11-8)4-2-6-10/h3-7,9H,8H2,1-2H3,(H2,18,21);2-6,8H,7H2,1H3,(H2,17,20)(H2,18,21);1,3,5H,2,4H2. The molecule has 17 nitrogen and oxygen atoms in total. The van der Waals surface area contributed by atoms with E-state index in [0.717, 1.165) is 56.4 Å². The SMILES string of the molecule is Cc1ccc(-c2nc(N)nc3c(Cc4cccc(N)n4)cnn23)o1.Cc1cccc(Cc2cnn3c(-c4ccc(C)o4)nc(N)nc23)n1.N#CCCc1cccc(Br)n1. The number of hydrogen-bond donors (Lipinski definition) is 3. The molecule has 0 aliphatic carbocycles. The van der Waals surface area contributed by atoms with E-state index in [1.54, 1.807) is 27.5 Å². The van der Waals surface area contributed by atoms with E-state index < -0.39 is 0 Å². The van der Waals surface area contributed by atoms with E-state index >= 15 is 0 Å². The van der Waals surface area contributed by atoms with Crippen LogP contribution in [0.1, 0.15) is 51.8 Å². The summed E-state index contributed by atoms with van der Waals surface area (Å²) in [6, 6.07) is 26.7. The van der Waals surface area contributed by atoms with E-state index in [9.17, 15) is 0 Å². The second kappa shape index (κ2) is 17.7. The zero-order chi connectivity index (χ0) is 41.5. The monoisotopic (exact) mass is 851 g/mol. The Kier molecular flexibility index (Phi) is 11.9. The van der Waals surface area contributed by atoms with Gasteiger partial charge in [0.2, 0.25) is 23.5 Å². The van der Waals surface area contributed by atoms with Crippen LogP contribution in [0.4, 0.5) is 17.7 Å². The molecule has 0 unspecified atom stereocenters. The van der Waals surface area contributed by atoms with Crippen LogP contribution in [0.5, 0.6) is 0 Å². The lowest BCUT2D eigenvalue weighted by molar-refractivity contribution is 0.541. The summed E-state index contributed by atoms with van der Waals surface area (Å²) in [4.78, 5) is 30.2. The fourth-order valence-electron chi connectivity index (χ4n) is 6.01. The van der Waals surface area contributed by atoms with Gasteiger partial charge in [0, 0.05) is 59.6 Å². The number of furan rings is 2. The van der Waals surface area contributed by atoms with Crippen LogP contribution in [0.15, 0.2) is 105 Å². The number of aryl methyl sites for hydroxylation is 4. The molecule has 296 valence electrons. The minimum atomic E-state index is 0.161. The van der Waals surface area contributed by atoms with E-state index in [1.165, 1.54) is 0 Å². The molecule has 0 saturated carbocycles. The van der Waals surface area contributed by atoms with Gasteiger partial charge in [0.05, 0.1) is 18.5 Å². The molecular weight excluding hydrogens is 814 g/mol. The number of nitrogen functional groups attached to an aromatic ring is 3. The number of anilines is 3. The molecule has 0 radical (unpaired) electrons. The summed E-state index contributed by atoms with van der Waals surface area (Å²) < 4.78 is 15.4. The van der Waals surface area contributed by atoms with Gasteiger partial charge in [-0.25, -0.2) is 9.97 Å². The molecule has 9 rings (SSSR count). The first-order valence-electron chi connectivity index (χ1n) is 18.3. The second-order valence-electron chi connectivity index (χ2n) is 13.2. The summed E-state index contributed by atoms with van der Waals surface area (Å²) in [7, 11) is 0. The highest BCUT2D eigenvalue weighted by Crippen LogP contribution is 2.25. The Morgan fingerprint density at radius 3 is 1.63 bits per heavy atom. The Morgan fingerprint density at radius 1 is 0.610 bits per heavy atom. The molecule has 9 heterocycles. The smallest absolute Gasteiger partial charge is 0.224 e. The van der Waals surface area contributed by atoms with Crippen molar-refractivity contribution in [2.75, 3.05) is 17.2 Å². The van der Waals surface area contributed by atoms with E-state index in [-0.39, 0.29) is 11.9 Å². The Morgan fingerprint density at radius 2 is 1.14 bits per heavy atom. The van der Waals surface area contributed by atoms with Gasteiger partial charge in [-0.15, -0.1) is 0 Å². The third-order valence-corrected chi connectivity index (χ3v) is 9.06. The number of aromatic nitrogens is 11. The second-order valence-corrected chi connectivity index (χ2v) is 14.0. The number of nitrogens with zero attached hydrogens (tertiary/aromatic N) is 12. The molecule has 0 fully saturated rings. The van der Waals surface area contributed by atoms with Gasteiger partial charge >= 0.3 is 0 Å². The lowest BCUT2D eigenvalue weighted by Gasteiger charge is -2.04. The normalized spacial score (nSPS) is 10.8. The number of nitriles is 1. The Bertz CT molecular complexity index is 2760. The zero-order valence-electron chi connectivity index (χ0n) is 32.3. The van der Waals surface area contributed by atoms with Crippen molar-refractivity contribution in [3.05, 3.63) is 141 Å². The average molecular weight is 853 g/mol. The first kappa shape index (κ1) is 39.7. The van der Waals surface area contributed by atoms with Crippen LogP contribution in [-0.2, 0) is 19.3 Å². The minimum Gasteiger partial charge on any atom is -0.458 e. The number of halogens is 1. The third-order valence-electron chi connectivity index (χ3n) is 8.62. The number of hydrogen-bond acceptors (Lipinski definition) is 15. The van der Waals surface area contributed by atoms with Crippen molar-refractivity contribution >= 4 is 44.9 Å². The molecule has 6 N–H and O–H groups in total. The van der Waals surface area contributed by atoms with E-state index in [4.69, 9.17) is 31.3 Å². The highest BCUT2D eigenvalue weighted by molar-refractivity contribution is 9.10. The summed E-state index contributed by atoms with van der Waals surface area (Å²) in [5.41, 5.74) is 24.3. The van der Waals surface area contributed by atoms with Gasteiger partial charge in [0.15, 0.2) is 22.8 Å². The third kappa shape index (κ3) is 9.72. The van der Waals surface area contributed by atoms with Gasteiger partial charge < -0.3 is 26.0 Å². The maximum Gasteiger partial charge on any atom is 0.224 e. The Labute approximate surface area is 346 Å². The average Bonchev–Trinajstić information content (AvgIpc) is 4.02. The summed E-state index contributed by atoms with van der Waals surface area (Å²) >= 11 is 3.26. The molecule has 0 amide bonds. The summed E-state index contributed by atoms with van der Waals surface area (Å²) in [6.07, 6.45) is 5.93. The van der Waals surface area contributed by atoms with Crippen molar-refractivity contribution in [3.8, 4) is 29.2 Å². The van der Waals surface area contributed by atoms with Crippen molar-refractivity contribution < 1.29 is 8.83 Å². The van der Waals surface area contributed by atoms with Gasteiger partial charge in [-0.05, 0) is 97.4 Å². The molecule has 0 saturated heterocycles. The fourth-order valence-corrected chi connectivity index (χ4v) is 6.40. The maximum atomic E-state index is 8.31. The van der Waals surface area contributed by atoms with Crippen LogP contribution in [0.25, 0.3) is 34.5 Å². The Balaban J connectivity index is 0.000000144. The molecule has 0 aliphatic rings. The van der Waals surface area contributed by atoms with E-state index in [2.05, 4.69) is 67.1 Å². The van der Waals surface area contributed by atoms with Crippen LogP contribution in [0, 0.1) is 32.1 Å². The minimum absolute atomic E-state index is 0.161. The van der Waals surface area contributed by atoms with Crippen LogP contribution in [0.3, 0.4) is 0 Å². The lowest BCUT2D eigenvalue weighted by atomic mass is 10.1. The van der Waals surface area contributed by atoms with Crippen LogP contribution in [-0.4, -0.2) is 54.1 Å². The van der Waals surface area contributed by atoms with Crippen molar-refractivity contribution in [3.63, 3.8) is 0 Å². The molecule has 0 spiro atoms. The van der Waals surface area contributed by atoms with Crippen molar-refractivity contribution in [1.29, 1.82) is 5.26 Å². The maximum absolute atomic E-state index is 8.31. The largest absolute Gasteiger partial charge is 0.458 e. The quantitative estimate of drug-likeness (QED) is 0.134. The van der Waals surface area contributed by atoms with Crippen molar-refractivity contribution in [2.24, 2.45) is 0 Å². The van der Waals surface area contributed by atoms with Gasteiger partial charge in [0.1, 0.15) is 21.9 Å². The highest BCUT2D eigenvalue weighted by Gasteiger charge is 2.18. The predicted octanol–water partition coefficient (Wildman–Crippen LogP) is 6.71. The molecule has 9 aromatic heterocycles. The molecule has 0 aromatic carbocycles. The lowest BCUT2D eigenvalue weighted by Crippen LogP contribution is -2.05. The summed E-state index contributed by atoms with van der Waals surface area (Å²) in [5.74, 6) is 4.65. The van der Waals surface area contributed by atoms with Gasteiger partial charge in [-0.3, -0.25) is 4.98 Å². The number of nitrogens with two attached hydrogens (primary N) is 3. The van der Waals surface area contributed by atoms with Crippen LogP contribution < -0.4 is 17.2 Å². The van der Waals surface area contributed by atoms with Gasteiger partial charge in [-0.1, -0.05) is 18.2 Å². The summed E-state index contributed by atoms with van der Waals surface area (Å²) in [6.45, 7) is 5.71. The molecule has 59 heavy (non-hydrogen) atoms. The number of fused-ring (bicyclic) bond motifs is 2. The molecule has 9 aromatic rings. The molecule has 0 atom stereocenters.